The third kappa shape index (κ3) is 2.39. The smallest absolute Gasteiger partial charge is 0.162 e. The normalized spacial score (nSPS) is 18.5. The van der Waals surface area contributed by atoms with E-state index in [2.05, 4.69) is 0 Å². The van der Waals surface area contributed by atoms with Crippen LogP contribution in [0.15, 0.2) is 77.7 Å². The number of fused-ring (bicyclic) bond motifs is 1. The number of benzene rings is 3. The van der Waals surface area contributed by atoms with Crippen LogP contribution in [0.4, 0.5) is 0 Å². The molecule has 3 aromatic rings. The van der Waals surface area contributed by atoms with Crippen molar-refractivity contribution in [3.05, 3.63) is 89.5 Å². The second kappa shape index (κ2) is 5.50. The Hall–Kier alpha value is -2.51. The molecule has 3 aromatic carbocycles. The molecule has 0 atom stereocenters. The highest BCUT2D eigenvalue weighted by molar-refractivity contribution is 8.20. The van der Waals surface area contributed by atoms with Gasteiger partial charge in [-0.1, -0.05) is 42.5 Å². The Bertz CT molecular complexity index is 874. The van der Waals surface area contributed by atoms with Crippen LogP contribution in [-0.4, -0.2) is 19.3 Å². The van der Waals surface area contributed by atoms with Crippen molar-refractivity contribution < 1.29 is 23.5 Å². The molecular weight excluding hydrogens is 340 g/mol. The lowest BCUT2D eigenvalue weighted by molar-refractivity contribution is 0.154. The van der Waals surface area contributed by atoms with E-state index < -0.39 is 16.5 Å². The van der Waals surface area contributed by atoms with Gasteiger partial charge in [0.15, 0.2) is 5.60 Å². The number of aromatic hydroxyl groups is 2. The molecule has 4 N–H and O–H groups in total. The Morgan fingerprint density at radius 3 is 1.68 bits per heavy atom. The summed E-state index contributed by atoms with van der Waals surface area (Å²) in [5, 5.41) is 19.2. The molecule has 0 aromatic heterocycles. The molecule has 128 valence electrons. The maximum Gasteiger partial charge on any atom is 0.162 e. The molecule has 1 heterocycles. The zero-order valence-corrected chi connectivity index (χ0v) is 13.9. The SMILES string of the molecule is Oc1ccc(C2(c3ccc(O)cc3)OS(O)(O)c3ccccc32)cc1. The van der Waals surface area contributed by atoms with Gasteiger partial charge in [-0.15, -0.1) is 0 Å². The maximum absolute atomic E-state index is 10.5. The van der Waals surface area contributed by atoms with Crippen molar-refractivity contribution in [2.75, 3.05) is 0 Å². The summed E-state index contributed by atoms with van der Waals surface area (Å²) in [4.78, 5) is 0.330. The zero-order valence-electron chi connectivity index (χ0n) is 13.0. The molecule has 25 heavy (non-hydrogen) atoms. The van der Waals surface area contributed by atoms with Gasteiger partial charge in [0.1, 0.15) is 22.4 Å². The molecule has 0 spiro atoms. The summed E-state index contributed by atoms with van der Waals surface area (Å²) in [6, 6.07) is 19.8. The summed E-state index contributed by atoms with van der Waals surface area (Å²) < 4.78 is 27.0. The van der Waals surface area contributed by atoms with E-state index in [0.29, 0.717) is 21.6 Å². The summed E-state index contributed by atoms with van der Waals surface area (Å²) in [6.45, 7) is 0. The lowest BCUT2D eigenvalue weighted by atomic mass is 9.80. The molecule has 0 bridgehead atoms. The Kier molecular flexibility index (Phi) is 3.52. The standard InChI is InChI=1S/C19H16O5S/c20-15-9-5-13(6-10-15)19(14-7-11-16(21)12-8-14)17-3-1-2-4-18(17)25(22,23)24-19/h1-12,20-23H. The van der Waals surface area contributed by atoms with E-state index in [1.165, 1.54) is 24.3 Å². The number of rotatable bonds is 2. The van der Waals surface area contributed by atoms with Gasteiger partial charge in [-0.2, -0.15) is 0 Å². The maximum atomic E-state index is 10.5. The zero-order chi connectivity index (χ0) is 17.7. The van der Waals surface area contributed by atoms with Gasteiger partial charge in [0.25, 0.3) is 0 Å². The molecule has 0 unspecified atom stereocenters. The van der Waals surface area contributed by atoms with Crippen LogP contribution in [-0.2, 0) is 9.78 Å². The van der Waals surface area contributed by atoms with Crippen LogP contribution in [0, 0.1) is 0 Å². The minimum absolute atomic E-state index is 0.0995. The van der Waals surface area contributed by atoms with Gasteiger partial charge in [0, 0.05) is 5.56 Å². The fourth-order valence-corrected chi connectivity index (χ4v) is 4.69. The Labute approximate surface area is 146 Å². The minimum Gasteiger partial charge on any atom is -0.508 e. The van der Waals surface area contributed by atoms with Gasteiger partial charge in [-0.3, -0.25) is 4.18 Å². The van der Waals surface area contributed by atoms with E-state index >= 15 is 0 Å². The minimum atomic E-state index is -3.45. The third-order valence-electron chi connectivity index (χ3n) is 4.34. The van der Waals surface area contributed by atoms with Crippen LogP contribution in [0.5, 0.6) is 11.5 Å². The first-order valence-corrected chi connectivity index (χ1v) is 9.08. The number of phenolic OH excluding ortho intramolecular Hbond substituents is 2. The molecular formula is C19H16O5S. The van der Waals surface area contributed by atoms with Crippen LogP contribution >= 0.6 is 10.9 Å². The van der Waals surface area contributed by atoms with E-state index in [1.54, 1.807) is 48.5 Å². The summed E-state index contributed by atoms with van der Waals surface area (Å²) in [5.41, 5.74) is 0.643. The van der Waals surface area contributed by atoms with E-state index in [0.717, 1.165) is 0 Å². The molecule has 6 heteroatoms. The summed E-state index contributed by atoms with van der Waals surface area (Å²) in [7, 11) is -3.45. The topological polar surface area (TPSA) is 90.2 Å². The highest BCUT2D eigenvalue weighted by Gasteiger charge is 2.52. The molecule has 0 saturated carbocycles. The Morgan fingerprint density at radius 1 is 0.680 bits per heavy atom. The lowest BCUT2D eigenvalue weighted by Gasteiger charge is -2.32. The number of phenols is 2. The highest BCUT2D eigenvalue weighted by atomic mass is 32.3. The predicted molar refractivity (Wildman–Crippen MR) is 94.7 cm³/mol. The van der Waals surface area contributed by atoms with Gasteiger partial charge in [0.2, 0.25) is 0 Å². The van der Waals surface area contributed by atoms with Crippen LogP contribution < -0.4 is 0 Å². The Balaban J connectivity index is 2.05. The van der Waals surface area contributed by atoms with Gasteiger partial charge in [-0.05, 0) is 41.5 Å². The molecule has 1 aliphatic heterocycles. The third-order valence-corrected chi connectivity index (χ3v) is 5.75. The summed E-state index contributed by atoms with van der Waals surface area (Å²) >= 11 is 0. The van der Waals surface area contributed by atoms with Crippen molar-refractivity contribution >= 4 is 10.9 Å². The predicted octanol–water partition coefficient (Wildman–Crippen LogP) is 4.44. The highest BCUT2D eigenvalue weighted by Crippen LogP contribution is 2.66. The molecule has 0 saturated heterocycles. The van der Waals surface area contributed by atoms with Crippen LogP contribution in [0.25, 0.3) is 0 Å². The van der Waals surface area contributed by atoms with E-state index in [4.69, 9.17) is 4.18 Å². The average Bonchev–Trinajstić information content (AvgIpc) is 2.85. The largest absolute Gasteiger partial charge is 0.508 e. The fourth-order valence-electron chi connectivity index (χ4n) is 3.22. The van der Waals surface area contributed by atoms with Crippen LogP contribution in [0.3, 0.4) is 0 Å². The van der Waals surface area contributed by atoms with E-state index in [-0.39, 0.29) is 11.5 Å². The fraction of sp³-hybridized carbons (Fsp3) is 0.0526. The Morgan fingerprint density at radius 2 is 1.16 bits per heavy atom. The molecule has 5 nitrogen and oxygen atoms in total. The first kappa shape index (κ1) is 16.0. The quantitative estimate of drug-likeness (QED) is 0.545. The first-order valence-electron chi connectivity index (χ1n) is 7.61. The summed E-state index contributed by atoms with van der Waals surface area (Å²) in [6.07, 6.45) is 0. The monoisotopic (exact) mass is 356 g/mol. The summed E-state index contributed by atoms with van der Waals surface area (Å²) in [5.74, 6) is 0.199. The second-order valence-electron chi connectivity index (χ2n) is 5.85. The molecule has 4 rings (SSSR count). The van der Waals surface area contributed by atoms with E-state index in [1.807, 2.05) is 0 Å². The van der Waals surface area contributed by atoms with Crippen molar-refractivity contribution in [3.63, 3.8) is 0 Å². The van der Waals surface area contributed by atoms with E-state index in [9.17, 15) is 19.3 Å². The number of hydrogen-bond donors (Lipinski definition) is 4. The van der Waals surface area contributed by atoms with Crippen molar-refractivity contribution in [2.45, 2.75) is 10.5 Å². The molecule has 0 amide bonds. The van der Waals surface area contributed by atoms with Gasteiger partial charge < -0.3 is 19.3 Å². The second-order valence-corrected chi connectivity index (χ2v) is 7.45. The first-order chi connectivity index (χ1) is 11.9. The molecule has 0 radical (unpaired) electrons. The lowest BCUT2D eigenvalue weighted by Crippen LogP contribution is -2.29. The average molecular weight is 356 g/mol. The van der Waals surface area contributed by atoms with Crippen LogP contribution in [0.2, 0.25) is 0 Å². The number of hydrogen-bond acceptors (Lipinski definition) is 5. The van der Waals surface area contributed by atoms with Gasteiger partial charge in [-0.25, -0.2) is 0 Å². The van der Waals surface area contributed by atoms with Crippen molar-refractivity contribution in [1.82, 2.24) is 0 Å². The van der Waals surface area contributed by atoms with Gasteiger partial charge in [0.05, 0.1) is 4.90 Å². The van der Waals surface area contributed by atoms with Gasteiger partial charge >= 0.3 is 0 Å². The molecule has 0 fully saturated rings. The molecule has 1 aliphatic rings. The van der Waals surface area contributed by atoms with Crippen molar-refractivity contribution in [3.8, 4) is 11.5 Å². The van der Waals surface area contributed by atoms with Crippen molar-refractivity contribution in [2.24, 2.45) is 0 Å². The molecule has 0 aliphatic carbocycles. The van der Waals surface area contributed by atoms with Crippen LogP contribution in [0.1, 0.15) is 16.7 Å². The van der Waals surface area contributed by atoms with Crippen molar-refractivity contribution in [1.29, 1.82) is 0 Å².